The van der Waals surface area contributed by atoms with Gasteiger partial charge in [-0.3, -0.25) is 9.59 Å². The number of anilines is 1. The number of thiazole rings is 1. The number of aryl methyl sites for hydroxylation is 1. The van der Waals surface area contributed by atoms with Gasteiger partial charge in [0.25, 0.3) is 5.56 Å². The van der Waals surface area contributed by atoms with Crippen LogP contribution in [0.2, 0.25) is 0 Å². The number of benzene rings is 2. The molecule has 0 aliphatic carbocycles. The maximum Gasteiger partial charge on any atom is 0.267 e. The molecule has 8 heteroatoms. The molecular formula is C23H19FN4O2S. The molecule has 1 amide bonds. The first-order valence-corrected chi connectivity index (χ1v) is 10.5. The van der Waals surface area contributed by atoms with Gasteiger partial charge in [-0.2, -0.15) is 5.10 Å². The number of carbonyl (C=O) groups is 1. The predicted molar refractivity (Wildman–Crippen MR) is 120 cm³/mol. The van der Waals surface area contributed by atoms with E-state index in [1.54, 1.807) is 50.2 Å². The first-order valence-electron chi connectivity index (χ1n) is 9.61. The largest absolute Gasteiger partial charge is 0.324 e. The SMILES string of the molecule is Cc1ccc(=O)n([C@H](C)C(=O)Nc2ccccc2-c2csc(-c3ccccc3F)n2)n1. The monoisotopic (exact) mass is 434 g/mol. The Morgan fingerprint density at radius 3 is 2.55 bits per heavy atom. The standard InChI is InChI=1S/C23H19FN4O2S/c1-14-11-12-21(29)28(27-14)15(2)22(30)25-19-10-6-4-8-17(19)20-13-31-23(26-20)16-7-3-5-9-18(16)24/h3-13,15H,1-2H3,(H,25,30)/t15-/m1/s1. The van der Waals surface area contributed by atoms with Crippen LogP contribution in [-0.4, -0.2) is 20.7 Å². The third-order valence-corrected chi connectivity index (χ3v) is 5.65. The zero-order valence-corrected chi connectivity index (χ0v) is 17.7. The molecule has 0 radical (unpaired) electrons. The van der Waals surface area contributed by atoms with Crippen molar-refractivity contribution < 1.29 is 9.18 Å². The lowest BCUT2D eigenvalue weighted by Gasteiger charge is -2.16. The number of amides is 1. The first-order chi connectivity index (χ1) is 14.9. The van der Waals surface area contributed by atoms with Crippen molar-refractivity contribution in [3.63, 3.8) is 0 Å². The molecule has 0 aliphatic rings. The topological polar surface area (TPSA) is 76.9 Å². The average molecular weight is 434 g/mol. The number of para-hydroxylation sites is 1. The molecule has 4 aromatic rings. The maximum atomic E-state index is 14.1. The van der Waals surface area contributed by atoms with Crippen molar-refractivity contribution in [3.05, 3.63) is 87.9 Å². The van der Waals surface area contributed by atoms with Gasteiger partial charge in [0.15, 0.2) is 0 Å². The number of carbonyl (C=O) groups excluding carboxylic acids is 1. The lowest BCUT2D eigenvalue weighted by Crippen LogP contribution is -2.33. The number of halogens is 1. The molecule has 0 bridgehead atoms. The molecule has 0 spiro atoms. The molecule has 0 fully saturated rings. The number of aromatic nitrogens is 3. The van der Waals surface area contributed by atoms with Crippen LogP contribution in [0.25, 0.3) is 21.8 Å². The van der Waals surface area contributed by atoms with Gasteiger partial charge in [-0.15, -0.1) is 11.3 Å². The summed E-state index contributed by atoms with van der Waals surface area (Å²) in [5, 5.41) is 9.40. The van der Waals surface area contributed by atoms with E-state index < -0.39 is 6.04 Å². The summed E-state index contributed by atoms with van der Waals surface area (Å²) in [6.45, 7) is 3.37. The zero-order valence-electron chi connectivity index (χ0n) is 16.9. The zero-order chi connectivity index (χ0) is 22.0. The maximum absolute atomic E-state index is 14.1. The Balaban J connectivity index is 1.63. The van der Waals surface area contributed by atoms with Gasteiger partial charge in [-0.25, -0.2) is 14.1 Å². The molecule has 4 rings (SSSR count). The second-order valence-corrected chi connectivity index (χ2v) is 7.84. The van der Waals surface area contributed by atoms with Crippen LogP contribution in [0, 0.1) is 12.7 Å². The van der Waals surface area contributed by atoms with E-state index in [9.17, 15) is 14.0 Å². The minimum Gasteiger partial charge on any atom is -0.324 e. The van der Waals surface area contributed by atoms with Gasteiger partial charge < -0.3 is 5.32 Å². The van der Waals surface area contributed by atoms with Crippen LogP contribution in [-0.2, 0) is 4.79 Å². The number of hydrogen-bond donors (Lipinski definition) is 1. The van der Waals surface area contributed by atoms with Gasteiger partial charge >= 0.3 is 0 Å². The van der Waals surface area contributed by atoms with Crippen LogP contribution in [0.1, 0.15) is 18.7 Å². The molecule has 2 aromatic carbocycles. The number of rotatable bonds is 5. The summed E-state index contributed by atoms with van der Waals surface area (Å²) in [6.07, 6.45) is 0. The smallest absolute Gasteiger partial charge is 0.267 e. The van der Waals surface area contributed by atoms with Crippen molar-refractivity contribution in [1.82, 2.24) is 14.8 Å². The summed E-state index contributed by atoms with van der Waals surface area (Å²) in [5.41, 5.74) is 2.59. The minimum atomic E-state index is -0.801. The van der Waals surface area contributed by atoms with Crippen LogP contribution in [0.3, 0.4) is 0 Å². The van der Waals surface area contributed by atoms with E-state index in [1.165, 1.54) is 23.5 Å². The highest BCUT2D eigenvalue weighted by Gasteiger charge is 2.20. The van der Waals surface area contributed by atoms with Gasteiger partial charge in [0.2, 0.25) is 5.91 Å². The summed E-state index contributed by atoms with van der Waals surface area (Å²) in [7, 11) is 0. The van der Waals surface area contributed by atoms with E-state index in [4.69, 9.17) is 0 Å². The summed E-state index contributed by atoms with van der Waals surface area (Å²) in [5.74, 6) is -0.716. The Morgan fingerprint density at radius 1 is 1.06 bits per heavy atom. The van der Waals surface area contributed by atoms with Gasteiger partial charge in [-0.05, 0) is 38.1 Å². The second-order valence-electron chi connectivity index (χ2n) is 6.99. The van der Waals surface area contributed by atoms with Crippen molar-refractivity contribution in [3.8, 4) is 21.8 Å². The van der Waals surface area contributed by atoms with Gasteiger partial charge in [-0.1, -0.05) is 30.3 Å². The average Bonchev–Trinajstić information content (AvgIpc) is 3.25. The summed E-state index contributed by atoms with van der Waals surface area (Å²) in [4.78, 5) is 29.5. The third-order valence-electron chi connectivity index (χ3n) is 4.77. The van der Waals surface area contributed by atoms with Crippen molar-refractivity contribution in [2.75, 3.05) is 5.32 Å². The lowest BCUT2D eigenvalue weighted by molar-refractivity contribution is -0.119. The molecule has 2 heterocycles. The van der Waals surface area contributed by atoms with Crippen LogP contribution < -0.4 is 10.9 Å². The highest BCUT2D eigenvalue weighted by Crippen LogP contribution is 2.33. The minimum absolute atomic E-state index is 0.338. The fourth-order valence-electron chi connectivity index (χ4n) is 3.12. The molecule has 1 atom stereocenters. The van der Waals surface area contributed by atoms with E-state index >= 15 is 0 Å². The highest BCUT2D eigenvalue weighted by molar-refractivity contribution is 7.13. The normalized spacial score (nSPS) is 11.8. The molecule has 0 saturated heterocycles. The fraction of sp³-hybridized carbons (Fsp3) is 0.130. The molecule has 31 heavy (non-hydrogen) atoms. The Kier molecular flexibility index (Phi) is 5.73. The number of hydrogen-bond acceptors (Lipinski definition) is 5. The Bertz CT molecular complexity index is 1310. The van der Waals surface area contributed by atoms with Gasteiger partial charge in [0.1, 0.15) is 16.9 Å². The van der Waals surface area contributed by atoms with Crippen molar-refractivity contribution in [2.24, 2.45) is 0 Å². The summed E-state index contributed by atoms with van der Waals surface area (Å²) in [6, 6.07) is 15.9. The van der Waals surface area contributed by atoms with E-state index in [-0.39, 0.29) is 17.3 Å². The summed E-state index contributed by atoms with van der Waals surface area (Å²) >= 11 is 1.33. The molecule has 156 valence electrons. The Hall–Kier alpha value is -3.65. The third kappa shape index (κ3) is 4.29. The van der Waals surface area contributed by atoms with Crippen LogP contribution >= 0.6 is 11.3 Å². The molecule has 2 aromatic heterocycles. The first kappa shape index (κ1) is 20.6. The van der Waals surface area contributed by atoms with Crippen molar-refractivity contribution >= 4 is 22.9 Å². The van der Waals surface area contributed by atoms with Crippen molar-refractivity contribution in [2.45, 2.75) is 19.9 Å². The predicted octanol–water partition coefficient (Wildman–Crippen LogP) is 4.68. The quantitative estimate of drug-likeness (QED) is 0.495. The van der Waals surface area contributed by atoms with Gasteiger partial charge in [0.05, 0.1) is 17.1 Å². The molecule has 0 saturated carbocycles. The van der Waals surface area contributed by atoms with Crippen LogP contribution in [0.4, 0.5) is 10.1 Å². The number of nitrogens with one attached hydrogen (secondary N) is 1. The van der Waals surface area contributed by atoms with E-state index in [0.29, 0.717) is 33.2 Å². The van der Waals surface area contributed by atoms with Crippen LogP contribution in [0.5, 0.6) is 0 Å². The van der Waals surface area contributed by atoms with Gasteiger partial charge in [0, 0.05) is 22.6 Å². The molecular weight excluding hydrogens is 415 g/mol. The van der Waals surface area contributed by atoms with E-state index in [2.05, 4.69) is 15.4 Å². The second kappa shape index (κ2) is 8.61. The molecule has 6 nitrogen and oxygen atoms in total. The molecule has 0 aliphatic heterocycles. The highest BCUT2D eigenvalue weighted by atomic mass is 32.1. The fourth-order valence-corrected chi connectivity index (χ4v) is 3.96. The number of nitrogens with zero attached hydrogens (tertiary/aromatic N) is 3. The summed E-state index contributed by atoms with van der Waals surface area (Å²) < 4.78 is 15.3. The molecule has 0 unspecified atom stereocenters. The Morgan fingerprint density at radius 2 is 1.77 bits per heavy atom. The van der Waals surface area contributed by atoms with E-state index in [0.717, 1.165) is 4.68 Å². The van der Waals surface area contributed by atoms with E-state index in [1.807, 2.05) is 17.5 Å². The molecule has 1 N–H and O–H groups in total. The van der Waals surface area contributed by atoms with Crippen LogP contribution in [0.15, 0.2) is 70.8 Å². The lowest BCUT2D eigenvalue weighted by atomic mass is 10.1. The Labute approximate surface area is 182 Å². The van der Waals surface area contributed by atoms with Crippen molar-refractivity contribution in [1.29, 1.82) is 0 Å².